The van der Waals surface area contributed by atoms with E-state index in [1.54, 1.807) is 0 Å². The summed E-state index contributed by atoms with van der Waals surface area (Å²) < 4.78 is 0. The average Bonchev–Trinajstić information content (AvgIpc) is 2.63. The number of fused-ring (bicyclic) bond motifs is 2. The molecule has 13 heavy (non-hydrogen) atoms. The molecule has 0 aromatic rings. The molecule has 0 spiro atoms. The van der Waals surface area contributed by atoms with Gasteiger partial charge in [0.2, 0.25) is 0 Å². The second kappa shape index (κ2) is 2.73. The number of hydrogen-bond donors (Lipinski definition) is 1. The lowest BCUT2D eigenvalue weighted by Crippen LogP contribution is -2.15. The maximum absolute atomic E-state index is 9.76. The Morgan fingerprint density at radius 1 is 1.15 bits per heavy atom. The van der Waals surface area contributed by atoms with E-state index in [0.29, 0.717) is 0 Å². The molecule has 3 aliphatic rings. The van der Waals surface area contributed by atoms with Gasteiger partial charge in [0.1, 0.15) is 0 Å². The molecule has 0 aliphatic heterocycles. The molecule has 3 saturated carbocycles. The predicted octanol–water partition coefficient (Wildman–Crippen LogP) is 2.73. The van der Waals surface area contributed by atoms with Crippen LogP contribution >= 0.6 is 0 Å². The van der Waals surface area contributed by atoms with Gasteiger partial charge in [0, 0.05) is 0 Å². The summed E-state index contributed by atoms with van der Waals surface area (Å²) in [5.74, 6) is 3.11. The maximum atomic E-state index is 9.76. The molecule has 0 aromatic carbocycles. The highest BCUT2D eigenvalue weighted by molar-refractivity contribution is 4.96. The van der Waals surface area contributed by atoms with E-state index in [-0.39, 0.29) is 5.60 Å². The van der Waals surface area contributed by atoms with Gasteiger partial charge in [-0.25, -0.2) is 0 Å². The molecule has 3 atom stereocenters. The second-order valence-electron chi connectivity index (χ2n) is 5.70. The minimum Gasteiger partial charge on any atom is -0.390 e. The SMILES string of the molecule is OC1(CCC2CC3CCC2C3)CC1. The van der Waals surface area contributed by atoms with Gasteiger partial charge in [0.15, 0.2) is 0 Å². The Hall–Kier alpha value is -0.0400. The number of rotatable bonds is 3. The van der Waals surface area contributed by atoms with Crippen molar-refractivity contribution in [2.45, 2.75) is 57.0 Å². The lowest BCUT2D eigenvalue weighted by atomic mass is 9.84. The van der Waals surface area contributed by atoms with E-state index in [4.69, 9.17) is 0 Å². The summed E-state index contributed by atoms with van der Waals surface area (Å²) >= 11 is 0. The van der Waals surface area contributed by atoms with Gasteiger partial charge in [0.05, 0.1) is 5.60 Å². The summed E-state index contributed by atoms with van der Waals surface area (Å²) in [6.07, 6.45) is 10.6. The smallest absolute Gasteiger partial charge is 0.0650 e. The van der Waals surface area contributed by atoms with Crippen LogP contribution in [0.1, 0.15) is 51.4 Å². The van der Waals surface area contributed by atoms with Gasteiger partial charge >= 0.3 is 0 Å². The van der Waals surface area contributed by atoms with Gasteiger partial charge in [-0.2, -0.15) is 0 Å². The van der Waals surface area contributed by atoms with Crippen molar-refractivity contribution in [3.8, 4) is 0 Å². The molecule has 0 radical (unpaired) electrons. The van der Waals surface area contributed by atoms with Crippen LogP contribution in [0.5, 0.6) is 0 Å². The molecular weight excluding hydrogens is 160 g/mol. The molecule has 3 rings (SSSR count). The minimum absolute atomic E-state index is 0.193. The van der Waals surface area contributed by atoms with Crippen molar-refractivity contribution in [3.63, 3.8) is 0 Å². The van der Waals surface area contributed by atoms with E-state index in [1.165, 1.54) is 32.1 Å². The van der Waals surface area contributed by atoms with Crippen LogP contribution in [-0.2, 0) is 0 Å². The van der Waals surface area contributed by atoms with Crippen LogP contribution in [0.2, 0.25) is 0 Å². The van der Waals surface area contributed by atoms with Crippen LogP contribution in [0, 0.1) is 17.8 Å². The van der Waals surface area contributed by atoms with Crippen molar-refractivity contribution in [2.24, 2.45) is 17.8 Å². The zero-order chi connectivity index (χ0) is 8.89. The van der Waals surface area contributed by atoms with Crippen molar-refractivity contribution in [2.75, 3.05) is 0 Å². The van der Waals surface area contributed by atoms with Crippen LogP contribution in [0.3, 0.4) is 0 Å². The van der Waals surface area contributed by atoms with E-state index in [0.717, 1.165) is 37.0 Å². The Bertz CT molecular complexity index is 207. The van der Waals surface area contributed by atoms with Crippen LogP contribution in [0.4, 0.5) is 0 Å². The zero-order valence-electron chi connectivity index (χ0n) is 8.34. The Balaban J connectivity index is 1.51. The summed E-state index contributed by atoms with van der Waals surface area (Å²) in [7, 11) is 0. The molecule has 3 unspecified atom stereocenters. The molecule has 2 bridgehead atoms. The van der Waals surface area contributed by atoms with Gasteiger partial charge in [0.25, 0.3) is 0 Å². The van der Waals surface area contributed by atoms with Crippen LogP contribution in [-0.4, -0.2) is 10.7 Å². The lowest BCUT2D eigenvalue weighted by Gasteiger charge is -2.22. The topological polar surface area (TPSA) is 20.2 Å². The zero-order valence-corrected chi connectivity index (χ0v) is 8.34. The molecule has 0 heterocycles. The normalized spacial score (nSPS) is 45.5. The fourth-order valence-corrected chi connectivity index (χ4v) is 3.58. The van der Waals surface area contributed by atoms with Crippen LogP contribution < -0.4 is 0 Å². The van der Waals surface area contributed by atoms with Gasteiger partial charge in [-0.1, -0.05) is 6.42 Å². The van der Waals surface area contributed by atoms with Gasteiger partial charge in [-0.05, 0) is 62.7 Å². The van der Waals surface area contributed by atoms with E-state index in [1.807, 2.05) is 0 Å². The third kappa shape index (κ3) is 1.52. The van der Waals surface area contributed by atoms with E-state index >= 15 is 0 Å². The molecule has 1 nitrogen and oxygen atoms in total. The monoisotopic (exact) mass is 180 g/mol. The number of aliphatic hydroxyl groups is 1. The number of hydrogen-bond acceptors (Lipinski definition) is 1. The summed E-state index contributed by atoms with van der Waals surface area (Å²) in [6, 6.07) is 0. The molecule has 0 amide bonds. The van der Waals surface area contributed by atoms with Crippen LogP contribution in [0.15, 0.2) is 0 Å². The van der Waals surface area contributed by atoms with E-state index in [9.17, 15) is 5.11 Å². The Kier molecular flexibility index (Phi) is 1.74. The third-order valence-corrected chi connectivity index (χ3v) is 4.69. The first-order valence-electron chi connectivity index (χ1n) is 5.98. The lowest BCUT2D eigenvalue weighted by molar-refractivity contribution is 0.124. The molecule has 0 saturated heterocycles. The second-order valence-corrected chi connectivity index (χ2v) is 5.70. The third-order valence-electron chi connectivity index (χ3n) is 4.69. The Morgan fingerprint density at radius 3 is 2.54 bits per heavy atom. The quantitative estimate of drug-likeness (QED) is 0.708. The fraction of sp³-hybridized carbons (Fsp3) is 1.00. The van der Waals surface area contributed by atoms with Crippen molar-refractivity contribution >= 4 is 0 Å². The van der Waals surface area contributed by atoms with Crippen LogP contribution in [0.25, 0.3) is 0 Å². The highest BCUT2D eigenvalue weighted by atomic mass is 16.3. The first-order valence-corrected chi connectivity index (χ1v) is 5.98. The molecule has 1 N–H and O–H groups in total. The molecular formula is C12H20O. The predicted molar refractivity (Wildman–Crippen MR) is 52.4 cm³/mol. The standard InChI is InChI=1S/C12H20O/c13-12(5-6-12)4-3-11-8-9-1-2-10(11)7-9/h9-11,13H,1-8H2. The highest BCUT2D eigenvalue weighted by Gasteiger charge is 2.43. The van der Waals surface area contributed by atoms with Gasteiger partial charge < -0.3 is 5.11 Å². The molecule has 0 aromatic heterocycles. The van der Waals surface area contributed by atoms with E-state index < -0.39 is 0 Å². The maximum Gasteiger partial charge on any atom is 0.0650 e. The Labute approximate surface area is 80.5 Å². The Morgan fingerprint density at radius 2 is 2.00 bits per heavy atom. The molecule has 3 fully saturated rings. The molecule has 74 valence electrons. The summed E-state index contributed by atoms with van der Waals surface area (Å²) in [4.78, 5) is 0. The average molecular weight is 180 g/mol. The summed E-state index contributed by atoms with van der Waals surface area (Å²) in [5, 5.41) is 9.76. The van der Waals surface area contributed by atoms with Gasteiger partial charge in [-0.3, -0.25) is 0 Å². The summed E-state index contributed by atoms with van der Waals surface area (Å²) in [6.45, 7) is 0. The van der Waals surface area contributed by atoms with Gasteiger partial charge in [-0.15, -0.1) is 0 Å². The van der Waals surface area contributed by atoms with Crippen molar-refractivity contribution in [3.05, 3.63) is 0 Å². The van der Waals surface area contributed by atoms with Crippen molar-refractivity contribution in [1.29, 1.82) is 0 Å². The summed E-state index contributed by atoms with van der Waals surface area (Å²) in [5.41, 5.74) is -0.193. The van der Waals surface area contributed by atoms with Crippen molar-refractivity contribution in [1.82, 2.24) is 0 Å². The molecule has 1 heteroatoms. The van der Waals surface area contributed by atoms with Crippen molar-refractivity contribution < 1.29 is 5.11 Å². The first kappa shape index (κ1) is 8.28. The molecule has 3 aliphatic carbocycles. The highest BCUT2D eigenvalue weighted by Crippen LogP contribution is 2.51. The largest absolute Gasteiger partial charge is 0.390 e. The minimum atomic E-state index is -0.193. The first-order chi connectivity index (χ1) is 6.25. The van der Waals surface area contributed by atoms with E-state index in [2.05, 4.69) is 0 Å². The fourth-order valence-electron chi connectivity index (χ4n) is 3.58.